The summed E-state index contributed by atoms with van der Waals surface area (Å²) in [4.78, 5) is 13.4. The van der Waals surface area contributed by atoms with E-state index in [1.165, 1.54) is 50.6 Å². The van der Waals surface area contributed by atoms with E-state index >= 15 is 0 Å². The van der Waals surface area contributed by atoms with Crippen LogP contribution in [0.2, 0.25) is 0 Å². The Morgan fingerprint density at radius 2 is 1.86 bits per heavy atom. The molecule has 0 amide bonds. The number of carbonyl (C=O) groups is 1. The van der Waals surface area contributed by atoms with Crippen molar-refractivity contribution in [1.82, 2.24) is 4.90 Å². The molecule has 0 saturated heterocycles. The Balaban J connectivity index is 1.92. The van der Waals surface area contributed by atoms with Crippen molar-refractivity contribution in [3.8, 4) is 0 Å². The zero-order valence-electron chi connectivity index (χ0n) is 13.1. The molecule has 3 heteroatoms. The number of carboxylic acid groups (broad SMARTS) is 1. The molecule has 0 radical (unpaired) electrons. The lowest BCUT2D eigenvalue weighted by molar-refractivity contribution is 0.0697. The van der Waals surface area contributed by atoms with Gasteiger partial charge in [0.05, 0.1) is 5.56 Å². The van der Waals surface area contributed by atoms with Crippen molar-refractivity contribution in [2.45, 2.75) is 52.0 Å². The Labute approximate surface area is 128 Å². The Kier molecular flexibility index (Phi) is 6.24. The van der Waals surface area contributed by atoms with Crippen LogP contribution in [0.1, 0.15) is 61.4 Å². The second-order valence-electron chi connectivity index (χ2n) is 6.24. The molecule has 0 atom stereocenters. The van der Waals surface area contributed by atoms with E-state index in [1.807, 2.05) is 12.1 Å². The highest BCUT2D eigenvalue weighted by Crippen LogP contribution is 2.25. The molecule has 0 unspecified atom stereocenters. The third-order valence-corrected chi connectivity index (χ3v) is 4.39. The van der Waals surface area contributed by atoms with Crippen LogP contribution in [0.25, 0.3) is 0 Å². The summed E-state index contributed by atoms with van der Waals surface area (Å²) in [5.41, 5.74) is 1.58. The first-order valence-corrected chi connectivity index (χ1v) is 8.23. The molecule has 0 aliphatic heterocycles. The Morgan fingerprint density at radius 1 is 1.19 bits per heavy atom. The molecule has 1 N–H and O–H groups in total. The van der Waals surface area contributed by atoms with Crippen LogP contribution in [0, 0.1) is 5.92 Å². The van der Waals surface area contributed by atoms with Crippen molar-refractivity contribution in [2.75, 3.05) is 13.1 Å². The summed E-state index contributed by atoms with van der Waals surface area (Å²) in [5.74, 6) is -0.00207. The number of carboxylic acids is 1. The number of benzene rings is 1. The van der Waals surface area contributed by atoms with Crippen LogP contribution in [-0.4, -0.2) is 29.1 Å². The fourth-order valence-corrected chi connectivity index (χ4v) is 3.30. The predicted octanol–water partition coefficient (Wildman–Crippen LogP) is 4.18. The lowest BCUT2D eigenvalue weighted by atomic mass is 9.89. The summed E-state index contributed by atoms with van der Waals surface area (Å²) < 4.78 is 0. The number of hydrogen-bond donors (Lipinski definition) is 1. The van der Waals surface area contributed by atoms with Crippen molar-refractivity contribution in [3.05, 3.63) is 35.4 Å². The fraction of sp³-hybridized carbons (Fsp3) is 0.611. The molecule has 1 aromatic rings. The lowest BCUT2D eigenvalue weighted by Crippen LogP contribution is -2.31. The average Bonchev–Trinajstić information content (AvgIpc) is 2.49. The molecule has 0 bridgehead atoms. The maximum absolute atomic E-state index is 10.9. The van der Waals surface area contributed by atoms with Gasteiger partial charge in [-0.15, -0.1) is 0 Å². The first-order chi connectivity index (χ1) is 10.2. The van der Waals surface area contributed by atoms with Gasteiger partial charge in [-0.1, -0.05) is 38.3 Å². The van der Waals surface area contributed by atoms with Gasteiger partial charge >= 0.3 is 5.97 Å². The van der Waals surface area contributed by atoms with Crippen molar-refractivity contribution >= 4 is 5.97 Å². The highest BCUT2D eigenvalue weighted by atomic mass is 16.4. The van der Waals surface area contributed by atoms with Crippen molar-refractivity contribution < 1.29 is 9.90 Å². The van der Waals surface area contributed by atoms with Crippen LogP contribution in [0.15, 0.2) is 24.3 Å². The van der Waals surface area contributed by atoms with Gasteiger partial charge in [0.15, 0.2) is 0 Å². The van der Waals surface area contributed by atoms with Gasteiger partial charge in [-0.3, -0.25) is 4.90 Å². The van der Waals surface area contributed by atoms with Crippen molar-refractivity contribution in [1.29, 1.82) is 0 Å². The van der Waals surface area contributed by atoms with E-state index in [9.17, 15) is 4.79 Å². The largest absolute Gasteiger partial charge is 0.478 e. The van der Waals surface area contributed by atoms with Crippen LogP contribution in [0.3, 0.4) is 0 Å². The summed E-state index contributed by atoms with van der Waals surface area (Å²) in [6.07, 6.45) is 8.09. The van der Waals surface area contributed by atoms with Gasteiger partial charge in [0.2, 0.25) is 0 Å². The van der Waals surface area contributed by atoms with E-state index in [2.05, 4.69) is 11.8 Å². The molecule has 1 aromatic carbocycles. The number of aromatic carboxylic acids is 1. The monoisotopic (exact) mass is 289 g/mol. The summed E-state index contributed by atoms with van der Waals surface area (Å²) in [5, 5.41) is 8.95. The summed E-state index contributed by atoms with van der Waals surface area (Å²) in [7, 11) is 0. The molecule has 1 saturated carbocycles. The Hall–Kier alpha value is -1.35. The van der Waals surface area contributed by atoms with E-state index in [4.69, 9.17) is 5.11 Å². The molecule has 1 aliphatic rings. The maximum Gasteiger partial charge on any atom is 0.335 e. The van der Waals surface area contributed by atoms with Gasteiger partial charge in [0.1, 0.15) is 0 Å². The summed E-state index contributed by atoms with van der Waals surface area (Å²) in [6.45, 7) is 5.47. The van der Waals surface area contributed by atoms with E-state index in [-0.39, 0.29) is 0 Å². The average molecular weight is 289 g/mol. The van der Waals surface area contributed by atoms with Crippen molar-refractivity contribution in [3.63, 3.8) is 0 Å². The molecule has 21 heavy (non-hydrogen) atoms. The highest BCUT2D eigenvalue weighted by Gasteiger charge is 2.17. The third-order valence-electron chi connectivity index (χ3n) is 4.39. The quantitative estimate of drug-likeness (QED) is 0.818. The molecule has 3 nitrogen and oxygen atoms in total. The van der Waals surface area contributed by atoms with Crippen molar-refractivity contribution in [2.24, 2.45) is 5.92 Å². The molecule has 0 aromatic heterocycles. The standard InChI is InChI=1S/C18H27NO2/c1-2-12-19(13-15-6-4-3-5-7-15)14-16-8-10-17(11-9-16)18(20)21/h8-11,15H,2-7,12-14H2,1H3,(H,20,21). The zero-order valence-corrected chi connectivity index (χ0v) is 13.1. The molecular weight excluding hydrogens is 262 g/mol. The topological polar surface area (TPSA) is 40.5 Å². The van der Waals surface area contributed by atoms with Gasteiger partial charge in [0.25, 0.3) is 0 Å². The lowest BCUT2D eigenvalue weighted by Gasteiger charge is -2.29. The van der Waals surface area contributed by atoms with Crippen LogP contribution in [0.4, 0.5) is 0 Å². The van der Waals surface area contributed by atoms with E-state index < -0.39 is 5.97 Å². The third kappa shape index (κ3) is 5.16. The number of rotatable bonds is 7. The highest BCUT2D eigenvalue weighted by molar-refractivity contribution is 5.87. The molecule has 0 spiro atoms. The number of hydrogen-bond acceptors (Lipinski definition) is 2. The predicted molar refractivity (Wildman–Crippen MR) is 85.5 cm³/mol. The maximum atomic E-state index is 10.9. The fourth-order valence-electron chi connectivity index (χ4n) is 3.30. The molecule has 2 rings (SSSR count). The van der Waals surface area contributed by atoms with Crippen LogP contribution in [-0.2, 0) is 6.54 Å². The van der Waals surface area contributed by atoms with E-state index in [0.717, 1.165) is 19.0 Å². The second-order valence-corrected chi connectivity index (χ2v) is 6.24. The van der Waals surface area contributed by atoms with Gasteiger partial charge in [0, 0.05) is 13.1 Å². The summed E-state index contributed by atoms with van der Waals surface area (Å²) in [6, 6.07) is 7.32. The first-order valence-electron chi connectivity index (χ1n) is 8.23. The summed E-state index contributed by atoms with van der Waals surface area (Å²) >= 11 is 0. The molecular formula is C18H27NO2. The van der Waals surface area contributed by atoms with Crippen LogP contribution < -0.4 is 0 Å². The number of nitrogens with zero attached hydrogens (tertiary/aromatic N) is 1. The smallest absolute Gasteiger partial charge is 0.335 e. The normalized spacial score (nSPS) is 16.3. The molecule has 0 heterocycles. The van der Waals surface area contributed by atoms with Crippen LogP contribution in [0.5, 0.6) is 0 Å². The van der Waals surface area contributed by atoms with Gasteiger partial charge in [-0.25, -0.2) is 4.79 Å². The first kappa shape index (κ1) is 16.0. The van der Waals surface area contributed by atoms with Gasteiger partial charge < -0.3 is 5.11 Å². The Bertz CT molecular complexity index is 435. The zero-order chi connectivity index (χ0) is 15.1. The second kappa shape index (κ2) is 8.18. The minimum Gasteiger partial charge on any atom is -0.478 e. The van der Waals surface area contributed by atoms with Gasteiger partial charge in [-0.2, -0.15) is 0 Å². The van der Waals surface area contributed by atoms with Crippen LogP contribution >= 0.6 is 0 Å². The van der Waals surface area contributed by atoms with E-state index in [0.29, 0.717) is 5.56 Å². The minimum absolute atomic E-state index is 0.369. The van der Waals surface area contributed by atoms with Gasteiger partial charge in [-0.05, 0) is 49.4 Å². The minimum atomic E-state index is -0.853. The molecule has 116 valence electrons. The molecule has 1 fully saturated rings. The SMILES string of the molecule is CCCN(Cc1ccc(C(=O)O)cc1)CC1CCCCC1. The Morgan fingerprint density at radius 3 is 2.43 bits per heavy atom. The van der Waals surface area contributed by atoms with E-state index in [1.54, 1.807) is 12.1 Å². The molecule has 1 aliphatic carbocycles.